The summed E-state index contributed by atoms with van der Waals surface area (Å²) >= 11 is 1.84. The predicted molar refractivity (Wildman–Crippen MR) is 86.7 cm³/mol. The second-order valence-corrected chi connectivity index (χ2v) is 6.02. The van der Waals surface area contributed by atoms with E-state index in [4.69, 9.17) is 4.74 Å². The highest BCUT2D eigenvalue weighted by atomic mass is 32.1. The summed E-state index contributed by atoms with van der Waals surface area (Å²) in [6, 6.07) is 10.9. The van der Waals surface area contributed by atoms with Crippen LogP contribution < -0.4 is 10.1 Å². The zero-order valence-corrected chi connectivity index (χ0v) is 13.3. The summed E-state index contributed by atoms with van der Waals surface area (Å²) in [5.74, 6) is 0.978. The smallest absolute Gasteiger partial charge is 0.122 e. The Kier molecular flexibility index (Phi) is 5.62. The fraction of sp³-hybridized carbons (Fsp3) is 0.412. The number of nitrogens with one attached hydrogen (secondary N) is 1. The van der Waals surface area contributed by atoms with Crippen molar-refractivity contribution in [3.8, 4) is 5.75 Å². The van der Waals surface area contributed by atoms with E-state index in [1.807, 2.05) is 23.5 Å². The first-order valence-corrected chi connectivity index (χ1v) is 8.03. The average Bonchev–Trinajstić information content (AvgIpc) is 2.93. The van der Waals surface area contributed by atoms with Crippen molar-refractivity contribution >= 4 is 11.3 Å². The molecule has 2 nitrogen and oxygen atoms in total. The number of ether oxygens (including phenoxy) is 1. The Bertz CT molecular complexity index is 535. The van der Waals surface area contributed by atoms with Crippen molar-refractivity contribution in [2.45, 2.75) is 39.3 Å². The van der Waals surface area contributed by atoms with E-state index in [9.17, 15) is 0 Å². The molecule has 1 aromatic heterocycles. The fourth-order valence-corrected chi connectivity index (χ4v) is 3.30. The molecule has 0 fully saturated rings. The van der Waals surface area contributed by atoms with Crippen molar-refractivity contribution in [2.24, 2.45) is 0 Å². The molecule has 0 bridgehead atoms. The van der Waals surface area contributed by atoms with Crippen LogP contribution in [0.25, 0.3) is 0 Å². The predicted octanol–water partition coefficient (Wildman–Crippen LogP) is 4.04. The topological polar surface area (TPSA) is 21.3 Å². The van der Waals surface area contributed by atoms with Gasteiger partial charge in [0.1, 0.15) is 5.75 Å². The van der Waals surface area contributed by atoms with E-state index in [0.717, 1.165) is 25.1 Å². The molecule has 2 rings (SSSR count). The molecule has 0 aliphatic heterocycles. The normalized spacial score (nSPS) is 12.3. The fourth-order valence-electron chi connectivity index (χ4n) is 2.38. The Labute approximate surface area is 125 Å². The Morgan fingerprint density at radius 1 is 1.20 bits per heavy atom. The number of para-hydroxylation sites is 1. The molecule has 0 aliphatic rings. The summed E-state index contributed by atoms with van der Waals surface area (Å²) in [5.41, 5.74) is 2.73. The molecule has 0 saturated carbocycles. The minimum Gasteiger partial charge on any atom is -0.496 e. The third kappa shape index (κ3) is 3.84. The number of methoxy groups -OCH3 is 1. The van der Waals surface area contributed by atoms with Crippen molar-refractivity contribution in [3.05, 3.63) is 51.7 Å². The SMILES string of the molecule is CCc1ccsc1CNC(C)Cc1ccccc1OC. The maximum atomic E-state index is 5.41. The maximum absolute atomic E-state index is 5.41. The van der Waals surface area contributed by atoms with Gasteiger partial charge in [-0.2, -0.15) is 0 Å². The van der Waals surface area contributed by atoms with Crippen LogP contribution in [0.2, 0.25) is 0 Å². The molecular weight excluding hydrogens is 266 g/mol. The van der Waals surface area contributed by atoms with Crippen LogP contribution in [0.3, 0.4) is 0 Å². The lowest BCUT2D eigenvalue weighted by molar-refractivity contribution is 0.406. The van der Waals surface area contributed by atoms with Crippen LogP contribution >= 0.6 is 11.3 Å². The Morgan fingerprint density at radius 2 is 2.00 bits per heavy atom. The summed E-state index contributed by atoms with van der Waals surface area (Å²) in [4.78, 5) is 1.46. The Balaban J connectivity index is 1.91. The van der Waals surface area contributed by atoms with E-state index in [1.165, 1.54) is 16.0 Å². The lowest BCUT2D eigenvalue weighted by Crippen LogP contribution is -2.27. The largest absolute Gasteiger partial charge is 0.496 e. The van der Waals surface area contributed by atoms with Gasteiger partial charge in [-0.25, -0.2) is 0 Å². The monoisotopic (exact) mass is 289 g/mol. The highest BCUT2D eigenvalue weighted by Crippen LogP contribution is 2.20. The van der Waals surface area contributed by atoms with E-state index in [0.29, 0.717) is 6.04 Å². The standard InChI is InChI=1S/C17H23NOS/c1-4-14-9-10-20-17(14)12-18-13(2)11-15-7-5-6-8-16(15)19-3/h5-10,13,18H,4,11-12H2,1-3H3. The summed E-state index contributed by atoms with van der Waals surface area (Å²) in [6.07, 6.45) is 2.10. The van der Waals surface area contributed by atoms with Gasteiger partial charge in [0.15, 0.2) is 0 Å². The zero-order valence-electron chi connectivity index (χ0n) is 12.5. The number of benzene rings is 1. The summed E-state index contributed by atoms with van der Waals surface area (Å²) < 4.78 is 5.41. The Hall–Kier alpha value is -1.32. The molecule has 0 saturated heterocycles. The molecule has 1 unspecified atom stereocenters. The molecule has 2 aromatic rings. The van der Waals surface area contributed by atoms with Gasteiger partial charge in [-0.15, -0.1) is 11.3 Å². The highest BCUT2D eigenvalue weighted by Gasteiger charge is 2.09. The van der Waals surface area contributed by atoms with Crippen molar-refractivity contribution in [3.63, 3.8) is 0 Å². The van der Waals surface area contributed by atoms with E-state index in [2.05, 4.69) is 42.7 Å². The first-order chi connectivity index (χ1) is 9.74. The van der Waals surface area contributed by atoms with Gasteiger partial charge in [-0.1, -0.05) is 25.1 Å². The first kappa shape index (κ1) is 15.1. The second-order valence-electron chi connectivity index (χ2n) is 5.02. The number of hydrogen-bond donors (Lipinski definition) is 1. The summed E-state index contributed by atoms with van der Waals surface area (Å²) in [5, 5.41) is 5.80. The number of aryl methyl sites for hydroxylation is 1. The van der Waals surface area contributed by atoms with Gasteiger partial charge < -0.3 is 10.1 Å². The van der Waals surface area contributed by atoms with Crippen molar-refractivity contribution < 1.29 is 4.74 Å². The second kappa shape index (κ2) is 7.46. The molecule has 0 spiro atoms. The zero-order chi connectivity index (χ0) is 14.4. The van der Waals surface area contributed by atoms with Gasteiger partial charge in [-0.3, -0.25) is 0 Å². The van der Waals surface area contributed by atoms with Crippen LogP contribution in [0, 0.1) is 0 Å². The molecule has 0 radical (unpaired) electrons. The lowest BCUT2D eigenvalue weighted by Gasteiger charge is -2.16. The molecular formula is C17H23NOS. The third-order valence-electron chi connectivity index (χ3n) is 3.55. The lowest BCUT2D eigenvalue weighted by atomic mass is 10.1. The van der Waals surface area contributed by atoms with Crippen LogP contribution in [0.4, 0.5) is 0 Å². The first-order valence-electron chi connectivity index (χ1n) is 7.15. The Morgan fingerprint density at radius 3 is 2.75 bits per heavy atom. The summed E-state index contributed by atoms with van der Waals surface area (Å²) in [7, 11) is 1.73. The van der Waals surface area contributed by atoms with Crippen molar-refractivity contribution in [1.29, 1.82) is 0 Å². The molecule has 1 aromatic carbocycles. The van der Waals surface area contributed by atoms with Crippen LogP contribution in [0.1, 0.15) is 29.9 Å². The van der Waals surface area contributed by atoms with E-state index in [-0.39, 0.29) is 0 Å². The van der Waals surface area contributed by atoms with Gasteiger partial charge in [0.05, 0.1) is 7.11 Å². The molecule has 20 heavy (non-hydrogen) atoms. The van der Waals surface area contributed by atoms with Gasteiger partial charge in [0.2, 0.25) is 0 Å². The molecule has 1 atom stereocenters. The number of rotatable bonds is 7. The van der Waals surface area contributed by atoms with E-state index in [1.54, 1.807) is 7.11 Å². The van der Waals surface area contributed by atoms with Crippen molar-refractivity contribution in [1.82, 2.24) is 5.32 Å². The average molecular weight is 289 g/mol. The number of thiophene rings is 1. The van der Waals surface area contributed by atoms with Gasteiger partial charge in [-0.05, 0) is 48.4 Å². The molecule has 1 heterocycles. The summed E-state index contributed by atoms with van der Waals surface area (Å²) in [6.45, 7) is 5.40. The maximum Gasteiger partial charge on any atom is 0.122 e. The molecule has 1 N–H and O–H groups in total. The van der Waals surface area contributed by atoms with Crippen LogP contribution in [0.15, 0.2) is 35.7 Å². The minimum atomic E-state index is 0.429. The van der Waals surface area contributed by atoms with Crippen LogP contribution in [0.5, 0.6) is 5.75 Å². The van der Waals surface area contributed by atoms with E-state index >= 15 is 0 Å². The minimum absolute atomic E-state index is 0.429. The van der Waals surface area contributed by atoms with Gasteiger partial charge >= 0.3 is 0 Å². The quantitative estimate of drug-likeness (QED) is 0.830. The van der Waals surface area contributed by atoms with Crippen LogP contribution in [-0.4, -0.2) is 13.2 Å². The third-order valence-corrected chi connectivity index (χ3v) is 4.51. The molecule has 3 heteroatoms. The van der Waals surface area contributed by atoms with Crippen LogP contribution in [-0.2, 0) is 19.4 Å². The highest BCUT2D eigenvalue weighted by molar-refractivity contribution is 7.10. The van der Waals surface area contributed by atoms with Gasteiger partial charge in [0, 0.05) is 17.5 Å². The molecule has 0 aliphatic carbocycles. The number of hydrogen-bond acceptors (Lipinski definition) is 3. The molecule has 108 valence electrons. The van der Waals surface area contributed by atoms with E-state index < -0.39 is 0 Å². The van der Waals surface area contributed by atoms with Gasteiger partial charge in [0.25, 0.3) is 0 Å². The van der Waals surface area contributed by atoms with Crippen molar-refractivity contribution in [2.75, 3.05) is 7.11 Å². The molecule has 0 amide bonds.